The number of nitrogens with one attached hydrogen (secondary N) is 2. The number of piperazine rings is 1. The Bertz CT molecular complexity index is 1270. The minimum absolute atomic E-state index is 0.0572. The Labute approximate surface area is 233 Å². The molecule has 0 aliphatic carbocycles. The molecule has 1 amide bonds. The van der Waals surface area contributed by atoms with Gasteiger partial charge in [-0.15, -0.1) is 11.3 Å². The maximum Gasteiger partial charge on any atom is 0.433 e. The molecule has 2 N–H and O–H groups in total. The summed E-state index contributed by atoms with van der Waals surface area (Å²) in [6.45, 7) is 7.30. The molecule has 2 aromatic carbocycles. The molecule has 1 aliphatic heterocycles. The van der Waals surface area contributed by atoms with E-state index < -0.39 is 6.09 Å². The molecule has 3 aromatic rings. The Balaban J connectivity index is 1.20. The summed E-state index contributed by atoms with van der Waals surface area (Å²) in [6.07, 6.45) is 4.50. The summed E-state index contributed by atoms with van der Waals surface area (Å²) in [5.74, 6) is 0.647. The molecule has 1 fully saturated rings. The first kappa shape index (κ1) is 28.4. The van der Waals surface area contributed by atoms with E-state index in [9.17, 15) is 9.59 Å². The van der Waals surface area contributed by atoms with Gasteiger partial charge in [-0.2, -0.15) is 5.48 Å². The third-order valence-corrected chi connectivity index (χ3v) is 7.38. The van der Waals surface area contributed by atoms with Crippen molar-refractivity contribution in [3.63, 3.8) is 0 Å². The summed E-state index contributed by atoms with van der Waals surface area (Å²) in [7, 11) is 1.33. The van der Waals surface area contributed by atoms with Crippen LogP contribution in [0.25, 0.3) is 16.2 Å². The average Bonchev–Trinajstić information content (AvgIpc) is 3.42. The molecular formula is C29H36N4O5S. The van der Waals surface area contributed by atoms with Gasteiger partial charge in [0, 0.05) is 53.7 Å². The molecule has 0 unspecified atom stereocenters. The number of hydrogen-bond acceptors (Lipinski definition) is 9. The molecule has 0 radical (unpaired) electrons. The van der Waals surface area contributed by atoms with Crippen LogP contribution in [0.2, 0.25) is 0 Å². The van der Waals surface area contributed by atoms with E-state index in [4.69, 9.17) is 9.47 Å². The van der Waals surface area contributed by atoms with Crippen LogP contribution in [0.15, 0.2) is 53.9 Å². The van der Waals surface area contributed by atoms with E-state index in [0.29, 0.717) is 18.0 Å². The molecule has 0 saturated carbocycles. The smallest absolute Gasteiger partial charge is 0.433 e. The molecular weight excluding hydrogens is 516 g/mol. The third kappa shape index (κ3) is 8.44. The molecule has 1 saturated heterocycles. The van der Waals surface area contributed by atoms with E-state index in [2.05, 4.69) is 55.1 Å². The summed E-state index contributed by atoms with van der Waals surface area (Å²) in [5, 5.41) is 6.57. The number of carbonyl (C=O) groups is 2. The summed E-state index contributed by atoms with van der Waals surface area (Å²) in [6, 6.07) is 14.4. The van der Waals surface area contributed by atoms with Crippen LogP contribution in [0.3, 0.4) is 0 Å². The van der Waals surface area contributed by atoms with E-state index in [1.54, 1.807) is 17.4 Å². The highest BCUT2D eigenvalue weighted by Crippen LogP contribution is 2.31. The number of rotatable bonds is 13. The van der Waals surface area contributed by atoms with Crippen LogP contribution in [0.5, 0.6) is 5.75 Å². The van der Waals surface area contributed by atoms with E-state index in [0.717, 1.165) is 51.1 Å². The normalized spacial score (nSPS) is 14.1. The first-order valence-electron chi connectivity index (χ1n) is 13.1. The van der Waals surface area contributed by atoms with Gasteiger partial charge in [0.25, 0.3) is 0 Å². The van der Waals surface area contributed by atoms with E-state index in [1.165, 1.54) is 35.9 Å². The molecule has 0 bridgehead atoms. The lowest BCUT2D eigenvalue weighted by Gasteiger charge is -2.36. The van der Waals surface area contributed by atoms with Gasteiger partial charge < -0.3 is 19.7 Å². The van der Waals surface area contributed by atoms with Crippen molar-refractivity contribution in [2.45, 2.75) is 19.8 Å². The number of allylic oxidation sites excluding steroid dienone is 1. The van der Waals surface area contributed by atoms with Crippen molar-refractivity contribution >= 4 is 50.8 Å². The summed E-state index contributed by atoms with van der Waals surface area (Å²) in [5.41, 5.74) is 4.90. The SMILES string of the molecule is CONC(=O)OCNc1cc(OCCCCN2CCN(c3cccc4sccc34)CC2)ccc1/C=C\C(C)=O. The van der Waals surface area contributed by atoms with Crippen LogP contribution >= 0.6 is 11.3 Å². The Morgan fingerprint density at radius 1 is 1.08 bits per heavy atom. The van der Waals surface area contributed by atoms with E-state index in [-0.39, 0.29) is 12.5 Å². The van der Waals surface area contributed by atoms with Gasteiger partial charge in [-0.05, 0) is 79.7 Å². The largest absolute Gasteiger partial charge is 0.494 e. The molecule has 208 valence electrons. The highest BCUT2D eigenvalue weighted by atomic mass is 32.1. The number of fused-ring (bicyclic) bond motifs is 1. The monoisotopic (exact) mass is 552 g/mol. The van der Waals surface area contributed by atoms with Crippen LogP contribution in [0.1, 0.15) is 25.3 Å². The Kier molecular flexibility index (Phi) is 10.6. The van der Waals surface area contributed by atoms with Gasteiger partial charge in [-0.25, -0.2) is 4.79 Å². The predicted octanol–water partition coefficient (Wildman–Crippen LogP) is 5.14. The Morgan fingerprint density at radius 3 is 2.72 bits per heavy atom. The number of ketones is 1. The van der Waals surface area contributed by atoms with Gasteiger partial charge in [0.2, 0.25) is 0 Å². The summed E-state index contributed by atoms with van der Waals surface area (Å²) >= 11 is 1.80. The summed E-state index contributed by atoms with van der Waals surface area (Å²) < 4.78 is 12.3. The Hall–Kier alpha value is -3.60. The molecule has 39 heavy (non-hydrogen) atoms. The van der Waals surface area contributed by atoms with Gasteiger partial charge in [0.1, 0.15) is 5.75 Å². The second-order valence-electron chi connectivity index (χ2n) is 9.25. The number of thiophene rings is 1. The van der Waals surface area contributed by atoms with Crippen LogP contribution in [0, 0.1) is 0 Å². The fourth-order valence-corrected chi connectivity index (χ4v) is 5.32. The highest BCUT2D eigenvalue weighted by Gasteiger charge is 2.18. The molecule has 2 heterocycles. The summed E-state index contributed by atoms with van der Waals surface area (Å²) in [4.78, 5) is 32.4. The standard InChI is InChI=1S/C29H36N4O5S/c1-22(34)8-9-23-10-11-24(20-26(23)30-21-38-29(35)31-36-2)37-18-4-3-13-32-14-16-33(17-15-32)27-6-5-7-28-25(27)12-19-39-28/h5-12,19-20,30H,3-4,13-18,21H2,1-2H3,(H,31,35)/b9-8-. The highest BCUT2D eigenvalue weighted by molar-refractivity contribution is 7.17. The fraction of sp³-hybridized carbons (Fsp3) is 0.379. The number of hydroxylamine groups is 1. The van der Waals surface area contributed by atoms with E-state index in [1.807, 2.05) is 18.2 Å². The van der Waals surface area contributed by atoms with Gasteiger partial charge in [0.05, 0.1) is 13.7 Å². The van der Waals surface area contributed by atoms with Crippen molar-refractivity contribution in [3.8, 4) is 5.75 Å². The lowest BCUT2D eigenvalue weighted by Crippen LogP contribution is -2.46. The first-order valence-corrected chi connectivity index (χ1v) is 14.0. The number of unbranched alkanes of at least 4 members (excludes halogenated alkanes) is 1. The number of carbonyl (C=O) groups excluding carboxylic acids is 2. The number of benzene rings is 2. The second-order valence-corrected chi connectivity index (χ2v) is 10.2. The van der Waals surface area contributed by atoms with Crippen LogP contribution < -0.4 is 20.4 Å². The maximum atomic E-state index is 11.4. The number of ether oxygens (including phenoxy) is 2. The van der Waals surface area contributed by atoms with Crippen molar-refractivity contribution < 1.29 is 23.9 Å². The molecule has 0 spiro atoms. The number of anilines is 2. The van der Waals surface area contributed by atoms with Crippen LogP contribution in [-0.2, 0) is 14.4 Å². The second kappa shape index (κ2) is 14.5. The average molecular weight is 553 g/mol. The van der Waals surface area contributed by atoms with Crippen molar-refractivity contribution in [2.75, 3.05) is 63.4 Å². The fourth-order valence-electron chi connectivity index (χ4n) is 4.52. The van der Waals surface area contributed by atoms with Crippen molar-refractivity contribution in [3.05, 3.63) is 59.5 Å². The zero-order valence-corrected chi connectivity index (χ0v) is 23.3. The van der Waals surface area contributed by atoms with Crippen LogP contribution in [-0.4, -0.2) is 69.9 Å². The lowest BCUT2D eigenvalue weighted by atomic mass is 10.1. The quantitative estimate of drug-likeness (QED) is 0.130. The van der Waals surface area contributed by atoms with Gasteiger partial charge >= 0.3 is 6.09 Å². The molecule has 0 atom stereocenters. The first-order chi connectivity index (χ1) is 19.0. The van der Waals surface area contributed by atoms with Crippen LogP contribution in [0.4, 0.5) is 16.2 Å². The van der Waals surface area contributed by atoms with Gasteiger partial charge in [-0.3, -0.25) is 14.5 Å². The van der Waals surface area contributed by atoms with Gasteiger partial charge in [0.15, 0.2) is 12.5 Å². The number of nitrogens with zero attached hydrogens (tertiary/aromatic N) is 2. The molecule has 10 heteroatoms. The zero-order chi connectivity index (χ0) is 27.5. The molecule has 9 nitrogen and oxygen atoms in total. The van der Waals surface area contributed by atoms with E-state index >= 15 is 0 Å². The van der Waals surface area contributed by atoms with Crippen molar-refractivity contribution in [1.29, 1.82) is 0 Å². The number of hydrogen-bond donors (Lipinski definition) is 2. The zero-order valence-electron chi connectivity index (χ0n) is 22.5. The molecule has 1 aromatic heterocycles. The predicted molar refractivity (Wildman–Crippen MR) is 156 cm³/mol. The minimum Gasteiger partial charge on any atom is -0.494 e. The van der Waals surface area contributed by atoms with Crippen molar-refractivity contribution in [2.24, 2.45) is 0 Å². The number of amides is 1. The Morgan fingerprint density at radius 2 is 1.92 bits per heavy atom. The molecule has 4 rings (SSSR count). The van der Waals surface area contributed by atoms with Crippen molar-refractivity contribution in [1.82, 2.24) is 10.4 Å². The van der Waals surface area contributed by atoms with Gasteiger partial charge in [-0.1, -0.05) is 6.07 Å². The lowest BCUT2D eigenvalue weighted by molar-refractivity contribution is -0.112. The third-order valence-electron chi connectivity index (χ3n) is 6.50. The topological polar surface area (TPSA) is 92.4 Å². The maximum absolute atomic E-state index is 11.4. The minimum atomic E-state index is -0.709. The molecule has 1 aliphatic rings.